The fourth-order valence-corrected chi connectivity index (χ4v) is 5.93. The minimum absolute atomic E-state index is 0.0365. The molecule has 1 aliphatic rings. The number of benzene rings is 1. The molecule has 9 heteroatoms. The van der Waals surface area contributed by atoms with E-state index < -0.39 is 0 Å². The molecular weight excluding hydrogens is 441 g/mol. The molecule has 5 rings (SSSR count). The SMILES string of the molecule is O=C(CSc1nnc(-c2ccc(F)cc2)o1)N1CCc2sccc2[C@@H]1c1cccs1. The largest absolute Gasteiger partial charge is 0.411 e. The molecule has 0 aliphatic carbocycles. The molecule has 3 aromatic heterocycles. The number of carbonyl (C=O) groups excluding carboxylic acids is 1. The minimum atomic E-state index is -0.325. The van der Waals surface area contributed by atoms with Crippen LogP contribution in [0.5, 0.6) is 0 Å². The molecule has 4 aromatic rings. The molecule has 1 atom stereocenters. The van der Waals surface area contributed by atoms with Crippen molar-refractivity contribution in [1.29, 1.82) is 0 Å². The van der Waals surface area contributed by atoms with Crippen molar-refractivity contribution in [1.82, 2.24) is 15.1 Å². The van der Waals surface area contributed by atoms with Crippen LogP contribution in [0.2, 0.25) is 0 Å². The van der Waals surface area contributed by atoms with Crippen molar-refractivity contribution in [2.24, 2.45) is 0 Å². The first-order chi connectivity index (χ1) is 14.7. The van der Waals surface area contributed by atoms with Crippen LogP contribution in [0, 0.1) is 5.82 Å². The summed E-state index contributed by atoms with van der Waals surface area (Å²) in [5.74, 6) is 0.236. The summed E-state index contributed by atoms with van der Waals surface area (Å²) in [5, 5.41) is 12.5. The Hall–Kier alpha value is -2.49. The maximum Gasteiger partial charge on any atom is 0.277 e. The lowest BCUT2D eigenvalue weighted by atomic mass is 9.98. The number of nitrogens with zero attached hydrogens (tertiary/aromatic N) is 3. The van der Waals surface area contributed by atoms with Crippen LogP contribution in [0.15, 0.2) is 62.9 Å². The molecule has 0 fully saturated rings. The van der Waals surface area contributed by atoms with E-state index in [9.17, 15) is 9.18 Å². The van der Waals surface area contributed by atoms with Crippen molar-refractivity contribution in [2.75, 3.05) is 12.3 Å². The first-order valence-electron chi connectivity index (χ1n) is 9.30. The van der Waals surface area contributed by atoms with Gasteiger partial charge in [0.2, 0.25) is 11.8 Å². The second-order valence-corrected chi connectivity index (χ2v) is 9.63. The van der Waals surface area contributed by atoms with Gasteiger partial charge in [0, 0.05) is 21.9 Å². The molecule has 0 bridgehead atoms. The maximum absolute atomic E-state index is 13.1. The molecule has 152 valence electrons. The third-order valence-electron chi connectivity index (χ3n) is 4.92. The van der Waals surface area contributed by atoms with Crippen LogP contribution in [0.1, 0.15) is 21.4 Å². The highest BCUT2D eigenvalue weighted by Gasteiger charge is 2.33. The Labute approximate surface area is 184 Å². The van der Waals surface area contributed by atoms with Crippen LogP contribution in [-0.4, -0.2) is 33.3 Å². The van der Waals surface area contributed by atoms with Crippen molar-refractivity contribution in [3.63, 3.8) is 0 Å². The number of thiophene rings is 2. The first-order valence-corrected chi connectivity index (χ1v) is 12.0. The van der Waals surface area contributed by atoms with Gasteiger partial charge >= 0.3 is 0 Å². The average Bonchev–Trinajstić information content (AvgIpc) is 3.53. The number of aromatic nitrogens is 2. The smallest absolute Gasteiger partial charge is 0.277 e. The summed E-state index contributed by atoms with van der Waals surface area (Å²) in [6.07, 6.45) is 0.876. The molecule has 5 nitrogen and oxygen atoms in total. The number of rotatable bonds is 5. The summed E-state index contributed by atoms with van der Waals surface area (Å²) >= 11 is 4.65. The molecule has 0 saturated heterocycles. The quantitative estimate of drug-likeness (QED) is 0.382. The van der Waals surface area contributed by atoms with E-state index in [1.165, 1.54) is 39.2 Å². The molecule has 1 amide bonds. The number of halogens is 1. The minimum Gasteiger partial charge on any atom is -0.411 e. The van der Waals surface area contributed by atoms with E-state index >= 15 is 0 Å². The number of fused-ring (bicyclic) bond motifs is 1. The lowest BCUT2D eigenvalue weighted by Crippen LogP contribution is -2.40. The highest BCUT2D eigenvalue weighted by Crippen LogP contribution is 2.40. The molecule has 0 N–H and O–H groups in total. The Morgan fingerprint density at radius 2 is 2.03 bits per heavy atom. The lowest BCUT2D eigenvalue weighted by Gasteiger charge is -2.35. The normalized spacial score (nSPS) is 15.9. The fraction of sp³-hybridized carbons (Fsp3) is 0.190. The summed E-state index contributed by atoms with van der Waals surface area (Å²) in [4.78, 5) is 17.6. The molecule has 0 saturated carbocycles. The van der Waals surface area contributed by atoms with Gasteiger partial charge in [-0.05, 0) is 59.1 Å². The highest BCUT2D eigenvalue weighted by molar-refractivity contribution is 7.99. The number of amides is 1. The van der Waals surface area contributed by atoms with Crippen molar-refractivity contribution in [3.8, 4) is 11.5 Å². The van der Waals surface area contributed by atoms with Gasteiger partial charge in [-0.1, -0.05) is 17.8 Å². The number of hydrogen-bond acceptors (Lipinski definition) is 7. The Morgan fingerprint density at radius 3 is 2.83 bits per heavy atom. The van der Waals surface area contributed by atoms with Gasteiger partial charge in [-0.2, -0.15) is 0 Å². The summed E-state index contributed by atoms with van der Waals surface area (Å²) in [6, 6.07) is 12.1. The molecule has 1 aromatic carbocycles. The summed E-state index contributed by atoms with van der Waals surface area (Å²) < 4.78 is 18.7. The van der Waals surface area contributed by atoms with Gasteiger partial charge in [0.1, 0.15) is 5.82 Å². The van der Waals surface area contributed by atoms with Gasteiger partial charge in [-0.3, -0.25) is 4.79 Å². The van der Waals surface area contributed by atoms with Gasteiger partial charge in [0.05, 0.1) is 11.8 Å². The lowest BCUT2D eigenvalue weighted by molar-refractivity contribution is -0.130. The number of carbonyl (C=O) groups is 1. The van der Waals surface area contributed by atoms with E-state index in [-0.39, 0.29) is 23.5 Å². The van der Waals surface area contributed by atoms with E-state index in [4.69, 9.17) is 4.42 Å². The molecule has 0 radical (unpaired) electrons. The van der Waals surface area contributed by atoms with Gasteiger partial charge in [-0.15, -0.1) is 32.9 Å². The van der Waals surface area contributed by atoms with Crippen LogP contribution < -0.4 is 0 Å². The van der Waals surface area contributed by atoms with Crippen LogP contribution in [0.3, 0.4) is 0 Å². The summed E-state index contributed by atoms with van der Waals surface area (Å²) in [7, 11) is 0. The monoisotopic (exact) mass is 457 g/mol. The van der Waals surface area contributed by atoms with E-state index in [0.29, 0.717) is 23.2 Å². The standard InChI is InChI=1S/C21H16FN3O2S3/c22-14-5-3-13(4-6-14)20-23-24-21(27-20)30-12-18(26)25-9-7-16-15(8-11-29-16)19(25)17-2-1-10-28-17/h1-6,8,10-11,19H,7,9,12H2/t19-/m1/s1. The van der Waals surface area contributed by atoms with Crippen molar-refractivity contribution >= 4 is 40.3 Å². The second-order valence-electron chi connectivity index (χ2n) is 6.72. The Morgan fingerprint density at radius 1 is 1.17 bits per heavy atom. The topological polar surface area (TPSA) is 59.2 Å². The molecular formula is C21H16FN3O2S3. The molecule has 4 heterocycles. The molecule has 0 unspecified atom stereocenters. The Bertz CT molecular complexity index is 1150. The second kappa shape index (κ2) is 8.33. The first kappa shape index (κ1) is 19.5. The zero-order chi connectivity index (χ0) is 20.5. The summed E-state index contributed by atoms with van der Waals surface area (Å²) in [6.45, 7) is 0.695. The zero-order valence-electron chi connectivity index (χ0n) is 15.7. The van der Waals surface area contributed by atoms with E-state index in [0.717, 1.165) is 6.42 Å². The Balaban J connectivity index is 1.30. The van der Waals surface area contributed by atoms with Gasteiger partial charge in [-0.25, -0.2) is 4.39 Å². The van der Waals surface area contributed by atoms with Gasteiger partial charge in [0.15, 0.2) is 0 Å². The number of hydrogen-bond donors (Lipinski definition) is 0. The fourth-order valence-electron chi connectivity index (χ4n) is 3.52. The van der Waals surface area contributed by atoms with Gasteiger partial charge in [0.25, 0.3) is 5.22 Å². The predicted octanol–water partition coefficient (Wildman–Crippen LogP) is 5.27. The van der Waals surface area contributed by atoms with Crippen LogP contribution >= 0.6 is 34.4 Å². The Kier molecular flexibility index (Phi) is 5.41. The number of thioether (sulfide) groups is 1. The van der Waals surface area contributed by atoms with Crippen molar-refractivity contribution in [3.05, 3.63) is 74.4 Å². The van der Waals surface area contributed by atoms with E-state index in [1.807, 2.05) is 16.3 Å². The van der Waals surface area contributed by atoms with E-state index in [1.54, 1.807) is 34.8 Å². The molecule has 1 aliphatic heterocycles. The molecule has 30 heavy (non-hydrogen) atoms. The predicted molar refractivity (Wildman–Crippen MR) is 116 cm³/mol. The third-order valence-corrected chi connectivity index (χ3v) is 7.64. The van der Waals surface area contributed by atoms with Crippen LogP contribution in [0.25, 0.3) is 11.5 Å². The van der Waals surface area contributed by atoms with Crippen LogP contribution in [0.4, 0.5) is 4.39 Å². The summed E-state index contributed by atoms with van der Waals surface area (Å²) in [5.41, 5.74) is 1.87. The van der Waals surface area contributed by atoms with Crippen molar-refractivity contribution in [2.45, 2.75) is 17.7 Å². The molecule has 0 spiro atoms. The maximum atomic E-state index is 13.1. The van der Waals surface area contributed by atoms with Crippen molar-refractivity contribution < 1.29 is 13.6 Å². The van der Waals surface area contributed by atoms with E-state index in [2.05, 4.69) is 27.7 Å². The van der Waals surface area contributed by atoms with Gasteiger partial charge < -0.3 is 9.32 Å². The third kappa shape index (κ3) is 3.80. The average molecular weight is 458 g/mol. The highest BCUT2D eigenvalue weighted by atomic mass is 32.2. The van der Waals surface area contributed by atoms with Crippen LogP contribution in [-0.2, 0) is 11.2 Å². The zero-order valence-corrected chi connectivity index (χ0v) is 18.1.